The molecule has 0 fully saturated rings. The lowest BCUT2D eigenvalue weighted by atomic mass is 10.4. The Kier molecular flexibility index (Phi) is 2.34. The minimum Gasteiger partial charge on any atom is -0.492 e. The number of nitrogens with zero attached hydrogens (tertiary/aromatic N) is 2. The number of aromatic nitrogens is 2. The van der Waals surface area contributed by atoms with Crippen molar-refractivity contribution in [2.24, 2.45) is 0 Å². The molecule has 0 bridgehead atoms. The molecule has 0 atom stereocenters. The van der Waals surface area contributed by atoms with E-state index in [-0.39, 0.29) is 5.82 Å². The molecule has 1 heterocycles. The van der Waals surface area contributed by atoms with Gasteiger partial charge < -0.3 is 5.11 Å². The smallest absolute Gasteiger partial charge is 0.435 e. The SMILES string of the molecule is Cc1nc(O)c(Cl)c(C(F)(F)F)n1. The number of aromatic hydroxyl groups is 1. The van der Waals surface area contributed by atoms with E-state index in [0.29, 0.717) is 0 Å². The van der Waals surface area contributed by atoms with Crippen LogP contribution in [-0.4, -0.2) is 15.1 Å². The van der Waals surface area contributed by atoms with Crippen LogP contribution in [0, 0.1) is 6.92 Å². The molecule has 1 N–H and O–H groups in total. The van der Waals surface area contributed by atoms with E-state index in [2.05, 4.69) is 9.97 Å². The molecule has 72 valence electrons. The number of hydrogen-bond acceptors (Lipinski definition) is 3. The normalized spacial score (nSPS) is 11.8. The standard InChI is InChI=1S/C6H4ClF3N2O/c1-2-11-4(6(8,9)10)3(7)5(13)12-2/h1H3,(H,11,12,13). The summed E-state index contributed by atoms with van der Waals surface area (Å²) < 4.78 is 36.4. The zero-order valence-corrected chi connectivity index (χ0v) is 7.11. The van der Waals surface area contributed by atoms with Gasteiger partial charge in [-0.2, -0.15) is 18.2 Å². The highest BCUT2D eigenvalue weighted by molar-refractivity contribution is 6.32. The quantitative estimate of drug-likeness (QED) is 0.717. The summed E-state index contributed by atoms with van der Waals surface area (Å²) in [5, 5.41) is 7.98. The van der Waals surface area contributed by atoms with Crippen molar-refractivity contribution in [1.29, 1.82) is 0 Å². The maximum atomic E-state index is 12.1. The van der Waals surface area contributed by atoms with Gasteiger partial charge in [0.25, 0.3) is 0 Å². The average Bonchev–Trinajstić information content (AvgIpc) is 1.94. The van der Waals surface area contributed by atoms with E-state index in [4.69, 9.17) is 16.7 Å². The molecule has 0 radical (unpaired) electrons. The molecule has 3 nitrogen and oxygen atoms in total. The fourth-order valence-corrected chi connectivity index (χ4v) is 0.924. The second-order valence-electron chi connectivity index (χ2n) is 2.25. The summed E-state index contributed by atoms with van der Waals surface area (Å²) >= 11 is 5.15. The lowest BCUT2D eigenvalue weighted by Gasteiger charge is -2.08. The van der Waals surface area contributed by atoms with Crippen molar-refractivity contribution >= 4 is 11.6 Å². The summed E-state index contributed by atoms with van der Waals surface area (Å²) in [6.45, 7) is 1.23. The molecule has 1 aromatic heterocycles. The Morgan fingerprint density at radius 2 is 1.85 bits per heavy atom. The molecule has 0 saturated heterocycles. The lowest BCUT2D eigenvalue weighted by molar-refractivity contribution is -0.141. The molecule has 0 aromatic carbocycles. The Morgan fingerprint density at radius 3 is 2.31 bits per heavy atom. The van der Waals surface area contributed by atoms with Crippen molar-refractivity contribution in [3.05, 3.63) is 16.5 Å². The first-order chi connectivity index (χ1) is 5.82. The molecule has 0 aliphatic carbocycles. The topological polar surface area (TPSA) is 46.0 Å². The van der Waals surface area contributed by atoms with E-state index in [9.17, 15) is 13.2 Å². The van der Waals surface area contributed by atoms with Gasteiger partial charge in [0.05, 0.1) is 0 Å². The Balaban J connectivity index is 3.37. The van der Waals surface area contributed by atoms with Crippen LogP contribution in [0.15, 0.2) is 0 Å². The van der Waals surface area contributed by atoms with Gasteiger partial charge in [-0.1, -0.05) is 11.6 Å². The van der Waals surface area contributed by atoms with Crippen molar-refractivity contribution < 1.29 is 18.3 Å². The molecule has 13 heavy (non-hydrogen) atoms. The van der Waals surface area contributed by atoms with Crippen LogP contribution in [0.4, 0.5) is 13.2 Å². The fraction of sp³-hybridized carbons (Fsp3) is 0.333. The Labute approximate surface area is 76.2 Å². The van der Waals surface area contributed by atoms with Crippen molar-refractivity contribution in [2.45, 2.75) is 13.1 Å². The fourth-order valence-electron chi connectivity index (χ4n) is 0.732. The van der Waals surface area contributed by atoms with Crippen LogP contribution in [0.25, 0.3) is 0 Å². The van der Waals surface area contributed by atoms with E-state index in [1.54, 1.807) is 0 Å². The van der Waals surface area contributed by atoms with Gasteiger partial charge in [0.1, 0.15) is 10.8 Å². The predicted octanol–water partition coefficient (Wildman–Crippen LogP) is 2.16. The van der Waals surface area contributed by atoms with Crippen molar-refractivity contribution in [3.63, 3.8) is 0 Å². The van der Waals surface area contributed by atoms with Crippen LogP contribution < -0.4 is 0 Å². The van der Waals surface area contributed by atoms with Gasteiger partial charge in [0.15, 0.2) is 5.69 Å². The molecule has 0 amide bonds. The second kappa shape index (κ2) is 3.02. The Hall–Kier alpha value is -1.04. The van der Waals surface area contributed by atoms with E-state index in [1.807, 2.05) is 0 Å². The van der Waals surface area contributed by atoms with Crippen LogP contribution in [0.3, 0.4) is 0 Å². The summed E-state index contributed by atoms with van der Waals surface area (Å²) in [5.74, 6) is -1.05. The van der Waals surface area contributed by atoms with Crippen LogP contribution in [0.2, 0.25) is 5.02 Å². The summed E-state index contributed by atoms with van der Waals surface area (Å²) in [6, 6.07) is 0. The largest absolute Gasteiger partial charge is 0.492 e. The molecule has 0 spiro atoms. The summed E-state index contributed by atoms with van der Waals surface area (Å²) in [5.41, 5.74) is -1.32. The minimum atomic E-state index is -4.68. The van der Waals surface area contributed by atoms with E-state index >= 15 is 0 Å². The third-order valence-corrected chi connectivity index (χ3v) is 1.56. The van der Waals surface area contributed by atoms with Crippen molar-refractivity contribution in [2.75, 3.05) is 0 Å². The predicted molar refractivity (Wildman–Crippen MR) is 38.4 cm³/mol. The third kappa shape index (κ3) is 2.00. The molecule has 1 rings (SSSR count). The Bertz CT molecular complexity index is 339. The van der Waals surface area contributed by atoms with Crippen LogP contribution in [-0.2, 0) is 6.18 Å². The summed E-state index contributed by atoms with van der Waals surface area (Å²) in [4.78, 5) is 6.34. The molecular weight excluding hydrogens is 209 g/mol. The minimum absolute atomic E-state index is 0.186. The van der Waals surface area contributed by atoms with Crippen molar-refractivity contribution in [3.8, 4) is 5.88 Å². The van der Waals surface area contributed by atoms with Crippen LogP contribution >= 0.6 is 11.6 Å². The van der Waals surface area contributed by atoms with E-state index in [1.165, 1.54) is 6.92 Å². The molecule has 0 aliphatic rings. The van der Waals surface area contributed by atoms with Gasteiger partial charge in [-0.05, 0) is 6.92 Å². The summed E-state index contributed by atoms with van der Waals surface area (Å²) in [6.07, 6.45) is -4.68. The first-order valence-electron chi connectivity index (χ1n) is 3.12. The van der Waals surface area contributed by atoms with Crippen LogP contribution in [0.5, 0.6) is 5.88 Å². The van der Waals surface area contributed by atoms with Gasteiger partial charge in [-0.3, -0.25) is 0 Å². The number of halogens is 4. The highest BCUT2D eigenvalue weighted by Gasteiger charge is 2.37. The first kappa shape index (κ1) is 10.0. The molecule has 0 unspecified atom stereocenters. The van der Waals surface area contributed by atoms with Crippen LogP contribution in [0.1, 0.15) is 11.5 Å². The van der Waals surface area contributed by atoms with Crippen molar-refractivity contribution in [1.82, 2.24) is 9.97 Å². The molecular formula is C6H4ClF3N2O. The van der Waals surface area contributed by atoms with Gasteiger partial charge in [0, 0.05) is 0 Å². The third-order valence-electron chi connectivity index (χ3n) is 1.21. The lowest BCUT2D eigenvalue weighted by Crippen LogP contribution is -2.10. The monoisotopic (exact) mass is 212 g/mol. The highest BCUT2D eigenvalue weighted by atomic mass is 35.5. The number of rotatable bonds is 0. The summed E-state index contributed by atoms with van der Waals surface area (Å²) in [7, 11) is 0. The molecule has 0 saturated carbocycles. The van der Waals surface area contributed by atoms with Gasteiger partial charge in [-0.25, -0.2) is 4.98 Å². The maximum Gasteiger partial charge on any atom is 0.435 e. The number of hydrogen-bond donors (Lipinski definition) is 1. The first-order valence-corrected chi connectivity index (χ1v) is 3.50. The zero-order chi connectivity index (χ0) is 10.2. The molecule has 7 heteroatoms. The second-order valence-corrected chi connectivity index (χ2v) is 2.63. The van der Waals surface area contributed by atoms with Gasteiger partial charge in [-0.15, -0.1) is 0 Å². The Morgan fingerprint density at radius 1 is 1.31 bits per heavy atom. The van der Waals surface area contributed by atoms with Gasteiger partial charge >= 0.3 is 6.18 Å². The average molecular weight is 213 g/mol. The number of aryl methyl sites for hydroxylation is 1. The van der Waals surface area contributed by atoms with Gasteiger partial charge in [0.2, 0.25) is 5.88 Å². The maximum absolute atomic E-state index is 12.1. The highest BCUT2D eigenvalue weighted by Crippen LogP contribution is 2.36. The number of alkyl halides is 3. The zero-order valence-electron chi connectivity index (χ0n) is 6.35. The van der Waals surface area contributed by atoms with E-state index in [0.717, 1.165) is 0 Å². The molecule has 0 aliphatic heterocycles. The van der Waals surface area contributed by atoms with E-state index < -0.39 is 22.8 Å². The molecule has 1 aromatic rings.